The molecule has 4 nitrogen and oxygen atoms in total. The first-order chi connectivity index (χ1) is 11.1. The molecular weight excluding hydrogens is 310 g/mol. The second-order valence-corrected chi connectivity index (χ2v) is 6.55. The Morgan fingerprint density at radius 2 is 1.87 bits per heavy atom. The number of carbonyl (C=O) groups excluding carboxylic acids is 1. The van der Waals surface area contributed by atoms with Gasteiger partial charge in [-0.2, -0.15) is 0 Å². The van der Waals surface area contributed by atoms with Crippen LogP contribution >= 0.6 is 11.8 Å². The van der Waals surface area contributed by atoms with Gasteiger partial charge in [-0.05, 0) is 37.1 Å². The van der Waals surface area contributed by atoms with Crippen LogP contribution in [0.1, 0.15) is 22.8 Å². The third kappa shape index (κ3) is 3.10. The Morgan fingerprint density at radius 3 is 2.65 bits per heavy atom. The normalized spacial score (nSPS) is 16.2. The fraction of sp³-hybridized carbons (Fsp3) is 0.222. The van der Waals surface area contributed by atoms with Gasteiger partial charge < -0.3 is 10.0 Å². The molecule has 1 aliphatic rings. The third-order valence-corrected chi connectivity index (χ3v) is 5.00. The molecule has 0 saturated heterocycles. The molecule has 1 N–H and O–H groups in total. The lowest BCUT2D eigenvalue weighted by molar-refractivity contribution is -0.116. The highest BCUT2D eigenvalue weighted by Crippen LogP contribution is 2.33. The van der Waals surface area contributed by atoms with E-state index >= 15 is 0 Å². The zero-order valence-corrected chi connectivity index (χ0v) is 13.5. The largest absolute Gasteiger partial charge is 0.478 e. The minimum absolute atomic E-state index is 0.00708. The number of fused-ring (bicyclic) bond motifs is 1. The first-order valence-electron chi connectivity index (χ1n) is 7.43. The van der Waals surface area contributed by atoms with Crippen LogP contribution in [0.4, 0.5) is 5.69 Å². The van der Waals surface area contributed by atoms with Crippen molar-refractivity contribution in [1.82, 2.24) is 0 Å². The Labute approximate surface area is 139 Å². The highest BCUT2D eigenvalue weighted by Gasteiger charge is 2.30. The van der Waals surface area contributed by atoms with Gasteiger partial charge in [0.05, 0.1) is 11.3 Å². The van der Waals surface area contributed by atoms with Crippen LogP contribution in [0.3, 0.4) is 0 Å². The summed E-state index contributed by atoms with van der Waals surface area (Å²) in [5, 5.41) is 9.21. The molecule has 1 aliphatic heterocycles. The van der Waals surface area contributed by atoms with E-state index < -0.39 is 5.97 Å². The van der Waals surface area contributed by atoms with E-state index in [1.54, 1.807) is 24.3 Å². The first kappa shape index (κ1) is 15.6. The second-order valence-electron chi connectivity index (χ2n) is 5.54. The van der Waals surface area contributed by atoms with Crippen LogP contribution < -0.4 is 4.90 Å². The van der Waals surface area contributed by atoms with Gasteiger partial charge in [0, 0.05) is 16.6 Å². The standard InChI is InChI=1S/C18H17NO3S/c1-12-10-13-6-2-4-8-15(13)19(12)17(20)11-23-16-9-5-3-7-14(16)18(21)22/h2-9,12H,10-11H2,1H3,(H,21,22)/t12-/m1/s1. The highest BCUT2D eigenvalue weighted by atomic mass is 32.2. The Hall–Kier alpha value is -2.27. The molecule has 0 spiro atoms. The Bertz CT molecular complexity index is 759. The van der Waals surface area contributed by atoms with Crippen LogP contribution in [0.2, 0.25) is 0 Å². The van der Waals surface area contributed by atoms with E-state index in [4.69, 9.17) is 0 Å². The number of carboxylic acids is 1. The maximum Gasteiger partial charge on any atom is 0.336 e. The van der Waals surface area contributed by atoms with Crippen molar-refractivity contribution in [2.75, 3.05) is 10.7 Å². The number of rotatable bonds is 4. The monoisotopic (exact) mass is 327 g/mol. The van der Waals surface area contributed by atoms with Crippen LogP contribution in [0.15, 0.2) is 53.4 Å². The van der Waals surface area contributed by atoms with Crippen LogP contribution in [0, 0.1) is 0 Å². The van der Waals surface area contributed by atoms with Gasteiger partial charge in [-0.3, -0.25) is 4.79 Å². The molecule has 1 heterocycles. The molecule has 23 heavy (non-hydrogen) atoms. The van der Waals surface area contributed by atoms with Crippen molar-refractivity contribution in [3.63, 3.8) is 0 Å². The van der Waals surface area contributed by atoms with E-state index in [-0.39, 0.29) is 23.3 Å². The van der Waals surface area contributed by atoms with Gasteiger partial charge in [-0.15, -0.1) is 11.8 Å². The second kappa shape index (κ2) is 6.46. The molecular formula is C18H17NO3S. The number of hydrogen-bond donors (Lipinski definition) is 1. The smallest absolute Gasteiger partial charge is 0.336 e. The van der Waals surface area contributed by atoms with Crippen molar-refractivity contribution in [3.8, 4) is 0 Å². The summed E-state index contributed by atoms with van der Waals surface area (Å²) in [7, 11) is 0. The Morgan fingerprint density at radius 1 is 1.17 bits per heavy atom. The molecule has 0 bridgehead atoms. The predicted molar refractivity (Wildman–Crippen MR) is 91.2 cm³/mol. The predicted octanol–water partition coefficient (Wildman–Crippen LogP) is 3.45. The van der Waals surface area contributed by atoms with Gasteiger partial charge in [0.25, 0.3) is 0 Å². The fourth-order valence-electron chi connectivity index (χ4n) is 2.92. The zero-order chi connectivity index (χ0) is 16.4. The number of amides is 1. The summed E-state index contributed by atoms with van der Waals surface area (Å²) >= 11 is 1.27. The van der Waals surface area contributed by atoms with Crippen LogP contribution in [0.25, 0.3) is 0 Å². The molecule has 0 fully saturated rings. The lowest BCUT2D eigenvalue weighted by atomic mass is 10.1. The molecule has 0 saturated carbocycles. The summed E-state index contributed by atoms with van der Waals surface area (Å²) in [5.41, 5.74) is 2.39. The quantitative estimate of drug-likeness (QED) is 0.874. The first-order valence-corrected chi connectivity index (χ1v) is 8.41. The number of carboxylic acid groups (broad SMARTS) is 1. The van der Waals surface area contributed by atoms with E-state index in [2.05, 4.69) is 0 Å². The van der Waals surface area contributed by atoms with Crippen LogP contribution in [-0.4, -0.2) is 28.8 Å². The van der Waals surface area contributed by atoms with Crippen LogP contribution in [-0.2, 0) is 11.2 Å². The number of benzene rings is 2. The lowest BCUT2D eigenvalue weighted by Gasteiger charge is -2.22. The number of para-hydroxylation sites is 1. The van der Waals surface area contributed by atoms with E-state index in [1.165, 1.54) is 17.3 Å². The van der Waals surface area contributed by atoms with Gasteiger partial charge in [0.15, 0.2) is 0 Å². The summed E-state index contributed by atoms with van der Waals surface area (Å²) in [6.45, 7) is 2.04. The molecule has 2 aromatic carbocycles. The molecule has 0 aromatic heterocycles. The van der Waals surface area contributed by atoms with Gasteiger partial charge >= 0.3 is 5.97 Å². The number of thioether (sulfide) groups is 1. The Kier molecular flexibility index (Phi) is 4.39. The van der Waals surface area contributed by atoms with Gasteiger partial charge in [0.1, 0.15) is 0 Å². The van der Waals surface area contributed by atoms with Gasteiger partial charge in [0.2, 0.25) is 5.91 Å². The fourth-order valence-corrected chi connectivity index (χ4v) is 3.83. The average molecular weight is 327 g/mol. The summed E-state index contributed by atoms with van der Waals surface area (Å²) in [6.07, 6.45) is 0.859. The minimum atomic E-state index is -0.972. The summed E-state index contributed by atoms with van der Waals surface area (Å²) < 4.78 is 0. The summed E-state index contributed by atoms with van der Waals surface area (Å²) in [4.78, 5) is 26.3. The van der Waals surface area contributed by atoms with E-state index in [9.17, 15) is 14.7 Å². The molecule has 0 radical (unpaired) electrons. The third-order valence-electron chi connectivity index (χ3n) is 3.94. The maximum absolute atomic E-state index is 12.6. The van der Waals surface area contributed by atoms with Crippen LogP contribution in [0.5, 0.6) is 0 Å². The number of anilines is 1. The lowest BCUT2D eigenvalue weighted by Crippen LogP contribution is -2.37. The SMILES string of the molecule is C[C@@H]1Cc2ccccc2N1C(=O)CSc1ccccc1C(=O)O. The topological polar surface area (TPSA) is 57.6 Å². The van der Waals surface area contributed by atoms with Gasteiger partial charge in [-0.25, -0.2) is 4.79 Å². The molecule has 0 unspecified atom stereocenters. The van der Waals surface area contributed by atoms with Crippen molar-refractivity contribution < 1.29 is 14.7 Å². The molecule has 1 amide bonds. The molecule has 2 aromatic rings. The maximum atomic E-state index is 12.6. The minimum Gasteiger partial charge on any atom is -0.478 e. The summed E-state index contributed by atoms with van der Waals surface area (Å²) in [5.74, 6) is -0.740. The van der Waals surface area contributed by atoms with Gasteiger partial charge in [-0.1, -0.05) is 30.3 Å². The van der Waals surface area contributed by atoms with E-state index in [0.717, 1.165) is 12.1 Å². The van der Waals surface area contributed by atoms with Crippen molar-refractivity contribution in [3.05, 3.63) is 59.7 Å². The molecule has 0 aliphatic carbocycles. The van der Waals surface area contributed by atoms with Crippen molar-refractivity contribution in [2.24, 2.45) is 0 Å². The van der Waals surface area contributed by atoms with E-state index in [1.807, 2.05) is 36.1 Å². The molecule has 118 valence electrons. The zero-order valence-electron chi connectivity index (χ0n) is 12.7. The molecule has 3 rings (SSSR count). The number of carbonyl (C=O) groups is 2. The molecule has 1 atom stereocenters. The van der Waals surface area contributed by atoms with Crippen molar-refractivity contribution in [2.45, 2.75) is 24.3 Å². The summed E-state index contributed by atoms with van der Waals surface area (Å²) in [6, 6.07) is 14.8. The van der Waals surface area contributed by atoms with E-state index in [0.29, 0.717) is 4.90 Å². The Balaban J connectivity index is 1.75. The highest BCUT2D eigenvalue weighted by molar-refractivity contribution is 8.00. The van der Waals surface area contributed by atoms with Crippen molar-refractivity contribution >= 4 is 29.3 Å². The molecule has 5 heteroatoms. The number of hydrogen-bond acceptors (Lipinski definition) is 3. The number of aromatic carboxylic acids is 1. The number of nitrogens with zero attached hydrogens (tertiary/aromatic N) is 1. The van der Waals surface area contributed by atoms with Crippen molar-refractivity contribution in [1.29, 1.82) is 0 Å². The average Bonchev–Trinajstić information content (AvgIpc) is 2.88.